The number of nitrogens with one attached hydrogen (secondary N) is 1. The summed E-state index contributed by atoms with van der Waals surface area (Å²) in [5, 5.41) is 2.54. The van der Waals surface area contributed by atoms with Crippen molar-refractivity contribution in [3.63, 3.8) is 0 Å². The molecule has 0 saturated carbocycles. The quantitative estimate of drug-likeness (QED) is 0.680. The third-order valence-corrected chi connectivity index (χ3v) is 3.96. The second kappa shape index (κ2) is 7.22. The van der Waals surface area contributed by atoms with Crippen LogP contribution in [0.5, 0.6) is 0 Å². The Labute approximate surface area is 152 Å². The highest BCUT2D eigenvalue weighted by atomic mass is 19.4. The normalized spacial score (nSPS) is 11.4. The molecule has 0 unspecified atom stereocenters. The summed E-state index contributed by atoms with van der Waals surface area (Å²) in [4.78, 5) is 16.1. The molecule has 140 valence electrons. The zero-order valence-electron chi connectivity index (χ0n) is 14.2. The molecule has 1 N–H and O–H groups in total. The number of benzene rings is 2. The molecule has 4 nitrogen and oxygen atoms in total. The van der Waals surface area contributed by atoms with Crippen molar-refractivity contribution in [3.8, 4) is 5.69 Å². The number of amides is 1. The number of aryl methyl sites for hydroxylation is 1. The van der Waals surface area contributed by atoms with Crippen LogP contribution in [-0.4, -0.2) is 15.5 Å². The van der Waals surface area contributed by atoms with Crippen LogP contribution < -0.4 is 5.32 Å². The average Bonchev–Trinajstić information content (AvgIpc) is 3.00. The van der Waals surface area contributed by atoms with Gasteiger partial charge in [0.05, 0.1) is 17.7 Å². The van der Waals surface area contributed by atoms with Crippen molar-refractivity contribution >= 4 is 11.6 Å². The maximum absolute atomic E-state index is 14.3. The van der Waals surface area contributed by atoms with E-state index < -0.39 is 23.5 Å². The lowest BCUT2D eigenvalue weighted by molar-refractivity contribution is -0.137. The van der Waals surface area contributed by atoms with Gasteiger partial charge in [-0.2, -0.15) is 13.2 Å². The van der Waals surface area contributed by atoms with Gasteiger partial charge in [-0.3, -0.25) is 4.79 Å². The minimum atomic E-state index is -4.42. The van der Waals surface area contributed by atoms with Gasteiger partial charge < -0.3 is 9.88 Å². The number of hydrogen-bond donors (Lipinski definition) is 1. The second-order valence-electron chi connectivity index (χ2n) is 5.93. The van der Waals surface area contributed by atoms with Crippen LogP contribution in [0.3, 0.4) is 0 Å². The molecular formula is C19H15F4N3O. The number of aromatic nitrogens is 2. The van der Waals surface area contributed by atoms with Crippen LogP contribution in [0.25, 0.3) is 5.69 Å². The van der Waals surface area contributed by atoms with E-state index in [1.54, 1.807) is 30.0 Å². The predicted molar refractivity (Wildman–Crippen MR) is 92.0 cm³/mol. The number of alkyl halides is 3. The van der Waals surface area contributed by atoms with E-state index in [0.717, 1.165) is 12.1 Å². The lowest BCUT2D eigenvalue weighted by Crippen LogP contribution is -2.15. The van der Waals surface area contributed by atoms with Crippen molar-refractivity contribution in [2.75, 3.05) is 5.32 Å². The molecule has 2 aromatic carbocycles. The van der Waals surface area contributed by atoms with Crippen LogP contribution in [0, 0.1) is 12.7 Å². The number of anilines is 1. The van der Waals surface area contributed by atoms with E-state index in [1.165, 1.54) is 24.3 Å². The summed E-state index contributed by atoms with van der Waals surface area (Å²) in [6.45, 7) is 1.74. The summed E-state index contributed by atoms with van der Waals surface area (Å²) in [6, 6.07) is 8.57. The Hall–Kier alpha value is -3.16. The molecule has 0 bridgehead atoms. The second-order valence-corrected chi connectivity index (χ2v) is 5.93. The molecule has 0 fully saturated rings. The largest absolute Gasteiger partial charge is 0.416 e. The van der Waals surface area contributed by atoms with Gasteiger partial charge in [-0.25, -0.2) is 9.37 Å². The number of carbonyl (C=O) groups is 1. The Kier molecular flexibility index (Phi) is 4.98. The zero-order valence-corrected chi connectivity index (χ0v) is 14.2. The summed E-state index contributed by atoms with van der Waals surface area (Å²) in [6.07, 6.45) is -1.37. The smallest absolute Gasteiger partial charge is 0.326 e. The third-order valence-electron chi connectivity index (χ3n) is 3.96. The summed E-state index contributed by atoms with van der Waals surface area (Å²) >= 11 is 0. The fourth-order valence-corrected chi connectivity index (χ4v) is 2.61. The van der Waals surface area contributed by atoms with E-state index in [4.69, 9.17) is 0 Å². The Morgan fingerprint density at radius 3 is 2.41 bits per heavy atom. The number of carbonyl (C=O) groups excluding carboxylic acids is 1. The highest BCUT2D eigenvalue weighted by molar-refractivity contribution is 5.92. The minimum Gasteiger partial charge on any atom is -0.326 e. The first-order valence-corrected chi connectivity index (χ1v) is 8.00. The molecule has 8 heteroatoms. The van der Waals surface area contributed by atoms with Crippen LogP contribution in [0.15, 0.2) is 54.9 Å². The molecule has 0 aliphatic carbocycles. The van der Waals surface area contributed by atoms with E-state index in [1.807, 2.05) is 0 Å². The molecule has 3 rings (SSSR count). The molecule has 27 heavy (non-hydrogen) atoms. The van der Waals surface area contributed by atoms with E-state index >= 15 is 0 Å². The molecule has 0 atom stereocenters. The maximum Gasteiger partial charge on any atom is 0.416 e. The average molecular weight is 377 g/mol. The van der Waals surface area contributed by atoms with Crippen molar-refractivity contribution in [3.05, 3.63) is 77.6 Å². The van der Waals surface area contributed by atoms with Crippen LogP contribution in [-0.2, 0) is 17.4 Å². The zero-order chi connectivity index (χ0) is 19.6. The summed E-state index contributed by atoms with van der Waals surface area (Å²) in [7, 11) is 0. The van der Waals surface area contributed by atoms with Crippen molar-refractivity contribution < 1.29 is 22.4 Å². The first kappa shape index (κ1) is 18.6. The molecule has 3 aromatic rings. The fraction of sp³-hybridized carbons (Fsp3) is 0.158. The number of halogens is 4. The lowest BCUT2D eigenvalue weighted by Gasteiger charge is -2.10. The van der Waals surface area contributed by atoms with Crippen LogP contribution >= 0.6 is 0 Å². The van der Waals surface area contributed by atoms with Gasteiger partial charge in [0.1, 0.15) is 11.6 Å². The van der Waals surface area contributed by atoms with Gasteiger partial charge in [0.2, 0.25) is 5.91 Å². The van der Waals surface area contributed by atoms with Crippen molar-refractivity contribution in [1.82, 2.24) is 9.55 Å². The number of rotatable bonds is 4. The first-order valence-electron chi connectivity index (χ1n) is 8.00. The van der Waals surface area contributed by atoms with E-state index in [9.17, 15) is 22.4 Å². The molecule has 1 amide bonds. The topological polar surface area (TPSA) is 46.9 Å². The van der Waals surface area contributed by atoms with Gasteiger partial charge in [0, 0.05) is 18.1 Å². The van der Waals surface area contributed by atoms with Gasteiger partial charge in [-0.15, -0.1) is 0 Å². The maximum atomic E-state index is 14.3. The van der Waals surface area contributed by atoms with E-state index in [0.29, 0.717) is 17.1 Å². The standard InChI is InChI=1S/C19H15F4N3O/c1-12-24-8-9-26(12)17-7-6-15(11-16(17)20)25-18(27)10-13-2-4-14(5-3-13)19(21,22)23/h2-9,11H,10H2,1H3,(H,25,27). The Morgan fingerprint density at radius 1 is 1.15 bits per heavy atom. The number of nitrogens with zero attached hydrogens (tertiary/aromatic N) is 2. The summed E-state index contributed by atoms with van der Waals surface area (Å²) < 4.78 is 53.5. The van der Waals surface area contributed by atoms with Crippen LogP contribution in [0.1, 0.15) is 17.0 Å². The molecule has 1 heterocycles. The first-order chi connectivity index (χ1) is 12.7. The fourth-order valence-electron chi connectivity index (χ4n) is 2.61. The van der Waals surface area contributed by atoms with Crippen molar-refractivity contribution in [1.29, 1.82) is 0 Å². The Bertz CT molecular complexity index is 962. The van der Waals surface area contributed by atoms with Gasteiger partial charge in [0.25, 0.3) is 0 Å². The summed E-state index contributed by atoms with van der Waals surface area (Å²) in [5.74, 6) is -0.378. The van der Waals surface area contributed by atoms with E-state index in [-0.39, 0.29) is 12.1 Å². The van der Waals surface area contributed by atoms with Gasteiger partial charge in [-0.1, -0.05) is 12.1 Å². The van der Waals surface area contributed by atoms with E-state index in [2.05, 4.69) is 10.3 Å². The number of hydrogen-bond acceptors (Lipinski definition) is 2. The van der Waals surface area contributed by atoms with Crippen LogP contribution in [0.2, 0.25) is 0 Å². The molecule has 0 aliphatic rings. The number of imidazole rings is 1. The van der Waals surface area contributed by atoms with Gasteiger partial charge in [0.15, 0.2) is 0 Å². The monoisotopic (exact) mass is 377 g/mol. The van der Waals surface area contributed by atoms with Gasteiger partial charge in [-0.05, 0) is 42.8 Å². The molecule has 0 saturated heterocycles. The van der Waals surface area contributed by atoms with Crippen molar-refractivity contribution in [2.45, 2.75) is 19.5 Å². The molecule has 0 spiro atoms. The third kappa shape index (κ3) is 4.33. The molecular weight excluding hydrogens is 362 g/mol. The highest BCUT2D eigenvalue weighted by Crippen LogP contribution is 2.29. The Morgan fingerprint density at radius 2 is 1.85 bits per heavy atom. The van der Waals surface area contributed by atoms with Gasteiger partial charge >= 0.3 is 6.18 Å². The minimum absolute atomic E-state index is 0.123. The Balaban J connectivity index is 1.68. The van der Waals surface area contributed by atoms with Crippen molar-refractivity contribution in [2.24, 2.45) is 0 Å². The highest BCUT2D eigenvalue weighted by Gasteiger charge is 2.29. The molecule has 0 aliphatic heterocycles. The molecule has 0 radical (unpaired) electrons. The predicted octanol–water partition coefficient (Wildman–Crippen LogP) is 4.52. The summed E-state index contributed by atoms with van der Waals surface area (Å²) in [5.41, 5.74) is 0.197. The lowest BCUT2D eigenvalue weighted by atomic mass is 10.1. The van der Waals surface area contributed by atoms with Crippen LogP contribution in [0.4, 0.5) is 23.2 Å². The molecule has 1 aromatic heterocycles. The SMILES string of the molecule is Cc1nccn1-c1ccc(NC(=O)Cc2ccc(C(F)(F)F)cc2)cc1F.